The van der Waals surface area contributed by atoms with Gasteiger partial charge in [-0.2, -0.15) is 4.31 Å². The van der Waals surface area contributed by atoms with Gasteiger partial charge in [0, 0.05) is 25.3 Å². The molecule has 1 aromatic carbocycles. The zero-order chi connectivity index (χ0) is 19.2. The average molecular weight is 383 g/mol. The molecule has 144 valence electrons. The molecule has 0 aromatic heterocycles. The van der Waals surface area contributed by atoms with Crippen molar-refractivity contribution in [2.45, 2.75) is 49.5 Å². The Hall–Kier alpha value is -2.13. The number of carbonyl (C=O) groups is 2. The van der Waals surface area contributed by atoms with Crippen LogP contribution >= 0.6 is 0 Å². The predicted octanol–water partition coefficient (Wildman–Crippen LogP) is 2.24. The SMILES string of the molecule is CN(C1CCCCC1)S(=O)(=O)c1cccc(NC(=O)NCCC(=O)O)c1. The summed E-state index contributed by atoms with van der Waals surface area (Å²) in [7, 11) is -2.04. The fourth-order valence-corrected chi connectivity index (χ4v) is 4.46. The van der Waals surface area contributed by atoms with Gasteiger partial charge in [-0.25, -0.2) is 13.2 Å². The summed E-state index contributed by atoms with van der Waals surface area (Å²) in [4.78, 5) is 22.3. The number of hydrogen-bond donors (Lipinski definition) is 3. The van der Waals surface area contributed by atoms with E-state index in [0.29, 0.717) is 5.69 Å². The third-order valence-corrected chi connectivity index (χ3v) is 6.39. The van der Waals surface area contributed by atoms with Crippen molar-refractivity contribution in [3.05, 3.63) is 24.3 Å². The van der Waals surface area contributed by atoms with Crippen LogP contribution in [0.3, 0.4) is 0 Å². The predicted molar refractivity (Wildman–Crippen MR) is 97.5 cm³/mol. The van der Waals surface area contributed by atoms with Crippen LogP contribution in [-0.4, -0.2) is 49.5 Å². The Kier molecular flexibility index (Phi) is 6.98. The van der Waals surface area contributed by atoms with Crippen molar-refractivity contribution in [2.75, 3.05) is 18.9 Å². The molecule has 0 aliphatic heterocycles. The van der Waals surface area contributed by atoms with Crippen LogP contribution in [0.15, 0.2) is 29.2 Å². The van der Waals surface area contributed by atoms with Gasteiger partial charge in [-0.05, 0) is 31.0 Å². The Balaban J connectivity index is 2.04. The average Bonchev–Trinajstić information content (AvgIpc) is 2.61. The van der Waals surface area contributed by atoms with Gasteiger partial charge >= 0.3 is 12.0 Å². The Morgan fingerprint density at radius 3 is 2.58 bits per heavy atom. The number of nitrogens with one attached hydrogen (secondary N) is 2. The molecule has 0 saturated heterocycles. The molecule has 2 amide bonds. The quantitative estimate of drug-likeness (QED) is 0.668. The van der Waals surface area contributed by atoms with E-state index in [9.17, 15) is 18.0 Å². The Morgan fingerprint density at radius 2 is 1.92 bits per heavy atom. The molecule has 1 saturated carbocycles. The van der Waals surface area contributed by atoms with Crippen LogP contribution < -0.4 is 10.6 Å². The number of anilines is 1. The minimum atomic E-state index is -3.64. The van der Waals surface area contributed by atoms with E-state index in [1.54, 1.807) is 19.2 Å². The zero-order valence-electron chi connectivity index (χ0n) is 14.8. The number of aliphatic carboxylic acids is 1. The molecule has 1 aliphatic carbocycles. The summed E-state index contributed by atoms with van der Waals surface area (Å²) in [5.41, 5.74) is 0.330. The molecule has 0 unspecified atom stereocenters. The lowest BCUT2D eigenvalue weighted by Crippen LogP contribution is -2.38. The standard InChI is InChI=1S/C17H25N3O5S/c1-20(14-7-3-2-4-8-14)26(24,25)15-9-5-6-13(12-15)19-17(23)18-11-10-16(21)22/h5-6,9,12,14H,2-4,7-8,10-11H2,1H3,(H,21,22)(H2,18,19,23). The number of carbonyl (C=O) groups excluding carboxylic acids is 1. The number of nitrogens with zero attached hydrogens (tertiary/aromatic N) is 1. The van der Waals surface area contributed by atoms with Crippen molar-refractivity contribution >= 4 is 27.7 Å². The maximum atomic E-state index is 12.8. The summed E-state index contributed by atoms with van der Waals surface area (Å²) in [6.07, 6.45) is 4.74. The second-order valence-corrected chi connectivity index (χ2v) is 8.36. The molecule has 0 bridgehead atoms. The summed E-state index contributed by atoms with van der Waals surface area (Å²) in [6, 6.07) is 5.48. The summed E-state index contributed by atoms with van der Waals surface area (Å²) < 4.78 is 27.1. The molecule has 8 nitrogen and oxygen atoms in total. The largest absolute Gasteiger partial charge is 0.481 e. The molecular formula is C17H25N3O5S. The van der Waals surface area contributed by atoms with E-state index in [2.05, 4.69) is 10.6 Å². The van der Waals surface area contributed by atoms with Crippen molar-refractivity contribution in [1.29, 1.82) is 0 Å². The highest BCUT2D eigenvalue weighted by Crippen LogP contribution is 2.27. The first-order valence-corrected chi connectivity index (χ1v) is 10.1. The normalized spacial score (nSPS) is 15.6. The fourth-order valence-electron chi connectivity index (χ4n) is 3.00. The Labute approximate surface area is 153 Å². The molecule has 2 rings (SSSR count). The van der Waals surface area contributed by atoms with Crippen LogP contribution in [0.25, 0.3) is 0 Å². The lowest BCUT2D eigenvalue weighted by molar-refractivity contribution is -0.136. The van der Waals surface area contributed by atoms with Gasteiger partial charge in [0.25, 0.3) is 0 Å². The minimum Gasteiger partial charge on any atom is -0.481 e. The number of urea groups is 1. The molecule has 3 N–H and O–H groups in total. The summed E-state index contributed by atoms with van der Waals surface area (Å²) >= 11 is 0. The fraction of sp³-hybridized carbons (Fsp3) is 0.529. The molecule has 0 radical (unpaired) electrons. The molecule has 1 aromatic rings. The summed E-state index contributed by atoms with van der Waals surface area (Å²) in [6.45, 7) is -0.0103. The van der Waals surface area contributed by atoms with Gasteiger partial charge in [0.2, 0.25) is 10.0 Å². The third-order valence-electron chi connectivity index (χ3n) is 4.48. The number of benzene rings is 1. The van der Waals surface area contributed by atoms with E-state index >= 15 is 0 Å². The number of hydrogen-bond acceptors (Lipinski definition) is 4. The van der Waals surface area contributed by atoms with Gasteiger partial charge in [-0.1, -0.05) is 25.3 Å². The molecule has 0 atom stereocenters. The minimum absolute atomic E-state index is 0.00434. The monoisotopic (exact) mass is 383 g/mol. The Bertz CT molecular complexity index is 745. The van der Waals surface area contributed by atoms with Crippen LogP contribution in [0.1, 0.15) is 38.5 Å². The van der Waals surface area contributed by atoms with E-state index in [0.717, 1.165) is 32.1 Å². The topological polar surface area (TPSA) is 116 Å². The second-order valence-electron chi connectivity index (χ2n) is 6.37. The molecular weight excluding hydrogens is 358 g/mol. The highest BCUT2D eigenvalue weighted by Gasteiger charge is 2.29. The molecule has 0 spiro atoms. The number of rotatable bonds is 7. The van der Waals surface area contributed by atoms with Crippen molar-refractivity contribution in [1.82, 2.24) is 9.62 Å². The number of carboxylic acids is 1. The Morgan fingerprint density at radius 1 is 1.23 bits per heavy atom. The molecule has 1 fully saturated rings. The number of amides is 2. The highest BCUT2D eigenvalue weighted by atomic mass is 32.2. The zero-order valence-corrected chi connectivity index (χ0v) is 15.6. The van der Waals surface area contributed by atoms with E-state index in [1.165, 1.54) is 16.4 Å². The summed E-state index contributed by atoms with van der Waals surface area (Å²) in [5.74, 6) is -1.01. The van der Waals surface area contributed by atoms with Gasteiger partial charge in [-0.15, -0.1) is 0 Å². The van der Waals surface area contributed by atoms with Crippen LogP contribution in [0, 0.1) is 0 Å². The first-order chi connectivity index (χ1) is 12.3. The van der Waals surface area contributed by atoms with Crippen molar-refractivity contribution < 1.29 is 23.1 Å². The molecule has 26 heavy (non-hydrogen) atoms. The summed E-state index contributed by atoms with van der Waals surface area (Å²) in [5, 5.41) is 13.5. The first kappa shape index (κ1) is 20.2. The maximum absolute atomic E-state index is 12.8. The van der Waals surface area contributed by atoms with Crippen molar-refractivity contribution in [2.24, 2.45) is 0 Å². The van der Waals surface area contributed by atoms with Crippen LogP contribution in [-0.2, 0) is 14.8 Å². The van der Waals surface area contributed by atoms with Crippen molar-refractivity contribution in [3.63, 3.8) is 0 Å². The lowest BCUT2D eigenvalue weighted by atomic mass is 9.96. The van der Waals surface area contributed by atoms with E-state index < -0.39 is 22.0 Å². The van der Waals surface area contributed by atoms with Gasteiger partial charge < -0.3 is 15.7 Å². The van der Waals surface area contributed by atoms with Crippen LogP contribution in [0.4, 0.5) is 10.5 Å². The van der Waals surface area contributed by atoms with Gasteiger partial charge in [0.1, 0.15) is 0 Å². The number of carboxylic acid groups (broad SMARTS) is 1. The van der Waals surface area contributed by atoms with Crippen LogP contribution in [0.2, 0.25) is 0 Å². The van der Waals surface area contributed by atoms with Gasteiger partial charge in [0.15, 0.2) is 0 Å². The maximum Gasteiger partial charge on any atom is 0.319 e. The first-order valence-electron chi connectivity index (χ1n) is 8.65. The highest BCUT2D eigenvalue weighted by molar-refractivity contribution is 7.89. The van der Waals surface area contributed by atoms with E-state index in [-0.39, 0.29) is 23.9 Å². The van der Waals surface area contributed by atoms with Crippen LogP contribution in [0.5, 0.6) is 0 Å². The lowest BCUT2D eigenvalue weighted by Gasteiger charge is -2.30. The smallest absolute Gasteiger partial charge is 0.319 e. The third kappa shape index (κ3) is 5.43. The van der Waals surface area contributed by atoms with Gasteiger partial charge in [-0.3, -0.25) is 4.79 Å². The number of sulfonamides is 1. The second kappa shape index (κ2) is 9.00. The van der Waals surface area contributed by atoms with Crippen molar-refractivity contribution in [3.8, 4) is 0 Å². The molecule has 1 aliphatic rings. The molecule has 0 heterocycles. The van der Waals surface area contributed by atoms with E-state index in [1.807, 2.05) is 0 Å². The van der Waals surface area contributed by atoms with E-state index in [4.69, 9.17) is 5.11 Å². The molecule has 9 heteroatoms. The van der Waals surface area contributed by atoms with Gasteiger partial charge in [0.05, 0.1) is 11.3 Å².